The van der Waals surface area contributed by atoms with Gasteiger partial charge in [-0.1, -0.05) is 12.1 Å². The van der Waals surface area contributed by atoms with Crippen LogP contribution >= 0.6 is 0 Å². The summed E-state index contributed by atoms with van der Waals surface area (Å²) in [6, 6.07) is 12.6. The molecule has 94 valence electrons. The summed E-state index contributed by atoms with van der Waals surface area (Å²) in [5.74, 6) is 2.04. The molecule has 0 heterocycles. The van der Waals surface area contributed by atoms with Crippen LogP contribution in [0.5, 0.6) is 17.2 Å². The predicted molar refractivity (Wildman–Crippen MR) is 71.2 cm³/mol. The van der Waals surface area contributed by atoms with Crippen molar-refractivity contribution in [3.8, 4) is 17.2 Å². The highest BCUT2D eigenvalue weighted by Crippen LogP contribution is 2.30. The highest BCUT2D eigenvalue weighted by atomic mass is 16.5. The molecule has 0 aliphatic rings. The van der Waals surface area contributed by atoms with Crippen LogP contribution in [0.2, 0.25) is 0 Å². The Morgan fingerprint density at radius 3 is 2.50 bits per heavy atom. The van der Waals surface area contributed by atoms with Crippen molar-refractivity contribution in [2.45, 2.75) is 6.92 Å². The SMILES string of the molecule is COc1cccc(Oc2cccc(N[O-])c2C)c1. The lowest BCUT2D eigenvalue weighted by molar-refractivity contribution is 0.409. The number of benzene rings is 2. The van der Waals surface area contributed by atoms with Gasteiger partial charge in [-0.25, -0.2) is 0 Å². The summed E-state index contributed by atoms with van der Waals surface area (Å²) in [6.45, 7) is 1.83. The van der Waals surface area contributed by atoms with Crippen molar-refractivity contribution in [1.29, 1.82) is 0 Å². The zero-order valence-electron chi connectivity index (χ0n) is 10.3. The molecular weight excluding hydrogens is 230 g/mol. The van der Waals surface area contributed by atoms with E-state index >= 15 is 0 Å². The summed E-state index contributed by atoms with van der Waals surface area (Å²) in [7, 11) is 1.60. The Labute approximate surface area is 106 Å². The quantitative estimate of drug-likeness (QED) is 0.833. The molecule has 0 aliphatic carbocycles. The zero-order chi connectivity index (χ0) is 13.0. The van der Waals surface area contributed by atoms with Gasteiger partial charge in [0.25, 0.3) is 0 Å². The van der Waals surface area contributed by atoms with Gasteiger partial charge in [-0.3, -0.25) is 0 Å². The third kappa shape index (κ3) is 2.55. The molecule has 0 aromatic heterocycles. The molecule has 1 N–H and O–H groups in total. The van der Waals surface area contributed by atoms with Crippen LogP contribution in [0.1, 0.15) is 5.56 Å². The van der Waals surface area contributed by atoms with E-state index in [9.17, 15) is 5.21 Å². The maximum absolute atomic E-state index is 10.7. The first kappa shape index (κ1) is 12.3. The molecule has 4 nitrogen and oxygen atoms in total. The Kier molecular flexibility index (Phi) is 3.69. The number of hydrogen-bond acceptors (Lipinski definition) is 4. The van der Waals surface area contributed by atoms with E-state index in [4.69, 9.17) is 9.47 Å². The molecule has 0 unspecified atom stereocenters. The van der Waals surface area contributed by atoms with E-state index in [1.807, 2.05) is 36.7 Å². The van der Waals surface area contributed by atoms with Gasteiger partial charge in [0.2, 0.25) is 0 Å². The second-order valence-corrected chi connectivity index (χ2v) is 3.81. The van der Waals surface area contributed by atoms with Crippen LogP contribution in [0.25, 0.3) is 0 Å². The fraction of sp³-hybridized carbons (Fsp3) is 0.143. The predicted octanol–water partition coefficient (Wildman–Crippen LogP) is 3.71. The van der Waals surface area contributed by atoms with Gasteiger partial charge in [0, 0.05) is 17.3 Å². The summed E-state index contributed by atoms with van der Waals surface area (Å²) in [6.07, 6.45) is 0. The number of ether oxygens (including phenoxy) is 2. The summed E-state index contributed by atoms with van der Waals surface area (Å²) in [5, 5.41) is 10.7. The average molecular weight is 244 g/mol. The number of anilines is 1. The van der Waals surface area contributed by atoms with Crippen LogP contribution in [0.15, 0.2) is 42.5 Å². The van der Waals surface area contributed by atoms with E-state index in [-0.39, 0.29) is 0 Å². The first-order chi connectivity index (χ1) is 8.74. The highest BCUT2D eigenvalue weighted by molar-refractivity contribution is 5.58. The molecule has 0 saturated heterocycles. The minimum absolute atomic E-state index is 0.510. The van der Waals surface area contributed by atoms with Gasteiger partial charge in [0.15, 0.2) is 0 Å². The van der Waals surface area contributed by atoms with Gasteiger partial charge in [0.05, 0.1) is 7.11 Å². The van der Waals surface area contributed by atoms with Crippen molar-refractivity contribution >= 4 is 5.69 Å². The normalized spacial score (nSPS) is 9.94. The standard InChI is InChI=1S/C14H14NO3/c1-10-13(15-16)7-4-8-14(10)18-12-6-3-5-11(9-12)17-2/h3-9,15H,1-2H3/q-1. The zero-order valence-corrected chi connectivity index (χ0v) is 10.3. The molecule has 0 fully saturated rings. The molecule has 18 heavy (non-hydrogen) atoms. The minimum atomic E-state index is 0.510. The second-order valence-electron chi connectivity index (χ2n) is 3.81. The van der Waals surface area contributed by atoms with Crippen LogP contribution in [-0.2, 0) is 0 Å². The Hall–Kier alpha value is -2.20. The van der Waals surface area contributed by atoms with Crippen LogP contribution in [-0.4, -0.2) is 7.11 Å². The van der Waals surface area contributed by atoms with E-state index in [2.05, 4.69) is 0 Å². The second kappa shape index (κ2) is 5.42. The number of methoxy groups -OCH3 is 1. The fourth-order valence-electron chi connectivity index (χ4n) is 1.63. The summed E-state index contributed by atoms with van der Waals surface area (Å²) >= 11 is 0. The van der Waals surface area contributed by atoms with Gasteiger partial charge in [0.1, 0.15) is 17.2 Å². The van der Waals surface area contributed by atoms with Crippen LogP contribution in [0.4, 0.5) is 5.69 Å². The van der Waals surface area contributed by atoms with Crippen molar-refractivity contribution in [2.24, 2.45) is 0 Å². The molecule has 0 atom stereocenters. The lowest BCUT2D eigenvalue weighted by Crippen LogP contribution is -1.93. The molecule has 0 amide bonds. The van der Waals surface area contributed by atoms with Crippen molar-refractivity contribution in [3.63, 3.8) is 0 Å². The fourth-order valence-corrected chi connectivity index (χ4v) is 1.63. The Bertz CT molecular complexity index is 540. The smallest absolute Gasteiger partial charge is 0.132 e. The minimum Gasteiger partial charge on any atom is -0.761 e. The van der Waals surface area contributed by atoms with Crippen LogP contribution in [0.3, 0.4) is 0 Å². The maximum atomic E-state index is 10.7. The van der Waals surface area contributed by atoms with Crippen molar-refractivity contribution in [1.82, 2.24) is 0 Å². The van der Waals surface area contributed by atoms with Crippen molar-refractivity contribution in [3.05, 3.63) is 53.2 Å². The molecule has 0 bridgehead atoms. The molecule has 0 saturated carbocycles. The molecule has 2 rings (SSSR count). The number of nitrogens with one attached hydrogen (secondary N) is 1. The van der Waals surface area contributed by atoms with Crippen LogP contribution in [0, 0.1) is 12.1 Å². The van der Waals surface area contributed by atoms with Crippen molar-refractivity contribution < 1.29 is 9.47 Å². The largest absolute Gasteiger partial charge is 0.761 e. The van der Waals surface area contributed by atoms with Gasteiger partial charge in [-0.05, 0) is 31.2 Å². The molecule has 2 aromatic carbocycles. The molecular formula is C14H14NO3-. The first-order valence-electron chi connectivity index (χ1n) is 5.54. The third-order valence-corrected chi connectivity index (χ3v) is 2.66. The van der Waals surface area contributed by atoms with Gasteiger partial charge in [-0.15, -0.1) is 0 Å². The van der Waals surface area contributed by atoms with Gasteiger partial charge in [-0.2, -0.15) is 0 Å². The van der Waals surface area contributed by atoms with E-state index in [1.54, 1.807) is 25.3 Å². The third-order valence-electron chi connectivity index (χ3n) is 2.66. The lowest BCUT2D eigenvalue weighted by Gasteiger charge is -2.16. The topological polar surface area (TPSA) is 53.5 Å². The van der Waals surface area contributed by atoms with Gasteiger partial charge >= 0.3 is 0 Å². The Morgan fingerprint density at radius 1 is 1.06 bits per heavy atom. The molecule has 0 radical (unpaired) electrons. The average Bonchev–Trinajstić information content (AvgIpc) is 2.41. The number of rotatable bonds is 4. The van der Waals surface area contributed by atoms with Crippen LogP contribution < -0.4 is 15.0 Å². The van der Waals surface area contributed by atoms with Crippen molar-refractivity contribution in [2.75, 3.05) is 12.6 Å². The van der Waals surface area contributed by atoms with E-state index in [1.165, 1.54) is 0 Å². The maximum Gasteiger partial charge on any atom is 0.132 e. The molecule has 2 aromatic rings. The summed E-state index contributed by atoms with van der Waals surface area (Å²) in [5.41, 5.74) is 3.17. The molecule has 0 aliphatic heterocycles. The van der Waals surface area contributed by atoms with Gasteiger partial charge < -0.3 is 20.2 Å². The van der Waals surface area contributed by atoms with E-state index in [0.29, 0.717) is 17.2 Å². The highest BCUT2D eigenvalue weighted by Gasteiger charge is 2.04. The Morgan fingerprint density at radius 2 is 1.78 bits per heavy atom. The van der Waals surface area contributed by atoms with E-state index in [0.717, 1.165) is 11.3 Å². The summed E-state index contributed by atoms with van der Waals surface area (Å²) < 4.78 is 10.9. The monoisotopic (exact) mass is 244 g/mol. The lowest BCUT2D eigenvalue weighted by atomic mass is 10.2. The number of hydrogen-bond donors (Lipinski definition) is 1. The molecule has 4 heteroatoms. The van der Waals surface area contributed by atoms with E-state index < -0.39 is 0 Å². The summed E-state index contributed by atoms with van der Waals surface area (Å²) in [4.78, 5) is 0. The Balaban J connectivity index is 2.28. The first-order valence-corrected chi connectivity index (χ1v) is 5.54. The molecule has 0 spiro atoms.